The minimum atomic E-state index is 0.0542. The number of nitrogens with zero attached hydrogens (tertiary/aromatic N) is 2. The van der Waals surface area contributed by atoms with Crippen molar-refractivity contribution < 1.29 is 4.79 Å². The van der Waals surface area contributed by atoms with Gasteiger partial charge in [-0.3, -0.25) is 4.79 Å². The molecule has 1 amide bonds. The van der Waals surface area contributed by atoms with Crippen LogP contribution < -0.4 is 5.32 Å². The molecule has 1 aromatic carbocycles. The Balaban J connectivity index is 1.96. The number of fused-ring (bicyclic) bond motifs is 1. The van der Waals surface area contributed by atoms with E-state index in [0.29, 0.717) is 6.42 Å². The number of pyridine rings is 1. The maximum absolute atomic E-state index is 12.5. The molecule has 3 aromatic rings. The van der Waals surface area contributed by atoms with Gasteiger partial charge in [0, 0.05) is 18.3 Å². The Morgan fingerprint density at radius 2 is 1.89 bits per heavy atom. The number of amides is 1. The van der Waals surface area contributed by atoms with Crippen molar-refractivity contribution in [1.29, 1.82) is 0 Å². The van der Waals surface area contributed by atoms with Gasteiger partial charge in [-0.2, -0.15) is 0 Å². The van der Waals surface area contributed by atoms with Gasteiger partial charge in [0.25, 0.3) is 0 Å². The van der Waals surface area contributed by atoms with Gasteiger partial charge < -0.3 is 9.72 Å². The Morgan fingerprint density at radius 1 is 1.07 bits per heavy atom. The Labute approximate surface area is 161 Å². The molecule has 0 fully saturated rings. The van der Waals surface area contributed by atoms with Gasteiger partial charge in [-0.1, -0.05) is 31.9 Å². The lowest BCUT2D eigenvalue weighted by Crippen LogP contribution is -2.26. The molecule has 1 N–H and O–H groups in total. The first kappa shape index (κ1) is 19.2. The van der Waals surface area contributed by atoms with Crippen LogP contribution in [0.15, 0.2) is 36.5 Å². The van der Waals surface area contributed by atoms with Gasteiger partial charge in [0.05, 0.1) is 17.8 Å². The van der Waals surface area contributed by atoms with Crippen LogP contribution in [0.3, 0.4) is 0 Å². The molecule has 0 aliphatic heterocycles. The number of aromatic nitrogens is 2. The molecule has 0 radical (unpaired) electrons. The third-order valence-corrected chi connectivity index (χ3v) is 5.09. The molecule has 0 aliphatic rings. The number of hydrogen-bond acceptors (Lipinski definition) is 2. The summed E-state index contributed by atoms with van der Waals surface area (Å²) >= 11 is 0. The monoisotopic (exact) mass is 363 g/mol. The molecule has 0 atom stereocenters. The van der Waals surface area contributed by atoms with Crippen LogP contribution in [0.5, 0.6) is 0 Å². The number of hydrogen-bond donors (Lipinski definition) is 1. The first-order valence-electron chi connectivity index (χ1n) is 9.81. The summed E-state index contributed by atoms with van der Waals surface area (Å²) in [6, 6.07) is 10.5. The predicted octanol–water partition coefficient (Wildman–Crippen LogP) is 4.78. The van der Waals surface area contributed by atoms with E-state index >= 15 is 0 Å². The van der Waals surface area contributed by atoms with Gasteiger partial charge in [-0.25, -0.2) is 4.98 Å². The number of carbonyl (C=O) groups excluding carboxylic acids is 1. The molecule has 0 aliphatic carbocycles. The highest BCUT2D eigenvalue weighted by atomic mass is 16.1. The summed E-state index contributed by atoms with van der Waals surface area (Å²) in [5.74, 6) is 0.0542. The Kier molecular flexibility index (Phi) is 5.94. The molecule has 3 rings (SSSR count). The number of nitrogens with one attached hydrogen (secondary N) is 1. The molecule has 142 valence electrons. The maximum atomic E-state index is 12.5. The van der Waals surface area contributed by atoms with Crippen LogP contribution >= 0.6 is 0 Å². The van der Waals surface area contributed by atoms with Crippen molar-refractivity contribution in [3.63, 3.8) is 0 Å². The summed E-state index contributed by atoms with van der Waals surface area (Å²) in [7, 11) is 0. The molecule has 0 spiro atoms. The molecule has 0 saturated carbocycles. The number of carbonyl (C=O) groups is 1. The van der Waals surface area contributed by atoms with E-state index in [9.17, 15) is 4.79 Å². The van der Waals surface area contributed by atoms with Gasteiger partial charge in [0.2, 0.25) is 5.91 Å². The Hall–Kier alpha value is -2.62. The number of benzene rings is 1. The molecule has 4 heteroatoms. The van der Waals surface area contributed by atoms with Gasteiger partial charge in [0.1, 0.15) is 5.65 Å². The van der Waals surface area contributed by atoms with Crippen molar-refractivity contribution >= 4 is 11.6 Å². The fraction of sp³-hybridized carbons (Fsp3) is 0.391. The van der Waals surface area contributed by atoms with Crippen LogP contribution in [0.2, 0.25) is 0 Å². The van der Waals surface area contributed by atoms with Gasteiger partial charge in [-0.15, -0.1) is 0 Å². The van der Waals surface area contributed by atoms with Crippen LogP contribution in [-0.4, -0.2) is 21.8 Å². The normalized spacial score (nSPS) is 11.1. The molecular formula is C23H29N3O. The summed E-state index contributed by atoms with van der Waals surface area (Å²) in [5, 5.41) is 3.05. The SMILES string of the molecule is CCCCCNC(=O)Cc1c(-c2ccc(C)c(C)c2)nc2cc(C)ccn12. The third-order valence-electron chi connectivity index (χ3n) is 5.09. The summed E-state index contributed by atoms with van der Waals surface area (Å²) < 4.78 is 2.04. The molecule has 2 heterocycles. The molecule has 2 aromatic heterocycles. The van der Waals surface area contributed by atoms with Crippen molar-refractivity contribution in [1.82, 2.24) is 14.7 Å². The molecule has 0 bridgehead atoms. The number of imidazole rings is 1. The van der Waals surface area contributed by atoms with Crippen LogP contribution in [0.1, 0.15) is 48.6 Å². The minimum absolute atomic E-state index is 0.0542. The minimum Gasteiger partial charge on any atom is -0.356 e. The fourth-order valence-corrected chi connectivity index (χ4v) is 3.30. The van der Waals surface area contributed by atoms with Gasteiger partial charge >= 0.3 is 0 Å². The zero-order valence-corrected chi connectivity index (χ0v) is 16.8. The molecule has 0 saturated heterocycles. The van der Waals surface area contributed by atoms with Crippen molar-refractivity contribution in [2.75, 3.05) is 6.54 Å². The van der Waals surface area contributed by atoms with Crippen LogP contribution in [0, 0.1) is 20.8 Å². The zero-order valence-electron chi connectivity index (χ0n) is 16.8. The van der Waals surface area contributed by atoms with E-state index in [0.717, 1.165) is 54.0 Å². The fourth-order valence-electron chi connectivity index (χ4n) is 3.30. The second-order valence-electron chi connectivity index (χ2n) is 7.37. The average molecular weight is 364 g/mol. The maximum Gasteiger partial charge on any atom is 0.226 e. The summed E-state index contributed by atoms with van der Waals surface area (Å²) in [5.41, 5.74) is 7.44. The molecule has 0 unspecified atom stereocenters. The average Bonchev–Trinajstić information content (AvgIpc) is 2.98. The molecule has 27 heavy (non-hydrogen) atoms. The second kappa shape index (κ2) is 8.38. The third kappa shape index (κ3) is 4.38. The Morgan fingerprint density at radius 3 is 2.63 bits per heavy atom. The van der Waals surface area contributed by atoms with E-state index in [-0.39, 0.29) is 5.91 Å². The van der Waals surface area contributed by atoms with Crippen LogP contribution in [0.25, 0.3) is 16.9 Å². The zero-order chi connectivity index (χ0) is 19.4. The largest absolute Gasteiger partial charge is 0.356 e. The lowest BCUT2D eigenvalue weighted by atomic mass is 10.0. The number of aryl methyl sites for hydroxylation is 3. The van der Waals surface area contributed by atoms with Crippen molar-refractivity contribution in [3.8, 4) is 11.3 Å². The van der Waals surface area contributed by atoms with Gasteiger partial charge in [0.15, 0.2) is 0 Å². The topological polar surface area (TPSA) is 46.4 Å². The quantitative estimate of drug-likeness (QED) is 0.614. The molecule has 4 nitrogen and oxygen atoms in total. The first-order valence-corrected chi connectivity index (χ1v) is 9.81. The van der Waals surface area contributed by atoms with Crippen molar-refractivity contribution in [2.45, 2.75) is 53.4 Å². The summed E-state index contributed by atoms with van der Waals surface area (Å²) in [6.07, 6.45) is 5.67. The smallest absolute Gasteiger partial charge is 0.226 e. The van der Waals surface area contributed by atoms with Crippen molar-refractivity contribution in [3.05, 3.63) is 58.9 Å². The lowest BCUT2D eigenvalue weighted by Gasteiger charge is -2.08. The standard InChI is InChI=1S/C23H29N3O/c1-5-6-7-11-24-22(27)15-20-23(19-9-8-17(3)18(4)14-19)25-21-13-16(2)10-12-26(20)21/h8-10,12-14H,5-7,11,15H2,1-4H3,(H,24,27). The van der Waals surface area contributed by atoms with E-state index in [1.165, 1.54) is 11.1 Å². The summed E-state index contributed by atoms with van der Waals surface area (Å²) in [4.78, 5) is 17.4. The highest BCUT2D eigenvalue weighted by molar-refractivity contribution is 5.81. The van der Waals surface area contributed by atoms with E-state index < -0.39 is 0 Å². The number of unbranched alkanes of at least 4 members (excludes halogenated alkanes) is 2. The van der Waals surface area contributed by atoms with E-state index in [1.807, 2.05) is 10.6 Å². The van der Waals surface area contributed by atoms with E-state index in [1.54, 1.807) is 0 Å². The number of rotatable bonds is 7. The lowest BCUT2D eigenvalue weighted by molar-refractivity contribution is -0.120. The first-order chi connectivity index (χ1) is 13.0. The summed E-state index contributed by atoms with van der Waals surface area (Å²) in [6.45, 7) is 9.18. The second-order valence-corrected chi connectivity index (χ2v) is 7.37. The van der Waals surface area contributed by atoms with Gasteiger partial charge in [-0.05, 0) is 62.1 Å². The Bertz CT molecular complexity index is 956. The van der Waals surface area contributed by atoms with E-state index in [4.69, 9.17) is 4.98 Å². The highest BCUT2D eigenvalue weighted by Gasteiger charge is 2.17. The molecular weight excluding hydrogens is 334 g/mol. The van der Waals surface area contributed by atoms with E-state index in [2.05, 4.69) is 63.3 Å². The van der Waals surface area contributed by atoms with Crippen molar-refractivity contribution in [2.24, 2.45) is 0 Å². The van der Waals surface area contributed by atoms with Crippen LogP contribution in [0.4, 0.5) is 0 Å². The highest BCUT2D eigenvalue weighted by Crippen LogP contribution is 2.27. The van der Waals surface area contributed by atoms with Crippen LogP contribution in [-0.2, 0) is 11.2 Å². The predicted molar refractivity (Wildman–Crippen MR) is 111 cm³/mol.